The molecule has 0 aliphatic carbocycles. The van der Waals surface area contributed by atoms with E-state index in [4.69, 9.17) is 0 Å². The lowest BCUT2D eigenvalue weighted by atomic mass is 10.1. The van der Waals surface area contributed by atoms with Gasteiger partial charge in [0.1, 0.15) is 11.2 Å². The lowest BCUT2D eigenvalue weighted by molar-refractivity contribution is 0.0950. The van der Waals surface area contributed by atoms with Gasteiger partial charge in [-0.25, -0.2) is 14.8 Å². The van der Waals surface area contributed by atoms with E-state index in [-0.39, 0.29) is 30.2 Å². The zero-order valence-corrected chi connectivity index (χ0v) is 19.0. The van der Waals surface area contributed by atoms with Crippen LogP contribution in [-0.2, 0) is 13.1 Å². The standard InChI is InChI=1S/C24H21N7O4/c1-3-30-12-15(19(32)14-9-8-13(2)26-20(14)30)22(33)25-10-11-31-17-7-5-4-6-16(17)27-18-21(31)28-24(35)29-23(18)34/h4-9,12H,3,10-11H2,1-2H3,(H,25,33)(H,29,34,35). The molecule has 2 N–H and O–H groups in total. The van der Waals surface area contributed by atoms with Crippen LogP contribution in [0.5, 0.6) is 0 Å². The molecule has 176 valence electrons. The first kappa shape index (κ1) is 22.1. The van der Waals surface area contributed by atoms with E-state index in [9.17, 15) is 19.2 Å². The zero-order valence-electron chi connectivity index (χ0n) is 19.0. The number of nitrogens with zero attached hydrogens (tertiary/aromatic N) is 5. The number of hydrogen-bond donors (Lipinski definition) is 2. The molecular weight excluding hydrogens is 450 g/mol. The number of amides is 1. The highest BCUT2D eigenvalue weighted by atomic mass is 16.2. The minimum absolute atomic E-state index is 0.0101. The highest BCUT2D eigenvalue weighted by molar-refractivity contribution is 5.96. The van der Waals surface area contributed by atoms with Crippen LogP contribution in [0.3, 0.4) is 0 Å². The number of fused-ring (bicyclic) bond motifs is 3. The van der Waals surface area contributed by atoms with Gasteiger partial charge in [0.05, 0.1) is 16.4 Å². The molecule has 35 heavy (non-hydrogen) atoms. The van der Waals surface area contributed by atoms with E-state index in [0.29, 0.717) is 28.6 Å². The summed E-state index contributed by atoms with van der Waals surface area (Å²) in [6.45, 7) is 4.59. The fraction of sp³-hybridized carbons (Fsp3) is 0.208. The van der Waals surface area contributed by atoms with Crippen LogP contribution in [-0.4, -0.2) is 41.5 Å². The molecule has 4 heterocycles. The van der Waals surface area contributed by atoms with Gasteiger partial charge in [-0.2, -0.15) is 4.98 Å². The van der Waals surface area contributed by atoms with Crippen LogP contribution in [0.2, 0.25) is 0 Å². The number of rotatable bonds is 5. The van der Waals surface area contributed by atoms with Crippen molar-refractivity contribution in [3.05, 3.63) is 84.9 Å². The van der Waals surface area contributed by atoms with Crippen LogP contribution >= 0.6 is 0 Å². The molecule has 5 rings (SSSR count). The Morgan fingerprint density at radius 2 is 1.86 bits per heavy atom. The molecule has 0 unspecified atom stereocenters. The minimum Gasteiger partial charge on any atom is -0.350 e. The number of pyridine rings is 2. The Kier molecular flexibility index (Phi) is 5.44. The maximum absolute atomic E-state index is 13.0. The van der Waals surface area contributed by atoms with Crippen LogP contribution in [0.1, 0.15) is 23.0 Å². The van der Waals surface area contributed by atoms with Gasteiger partial charge in [0, 0.05) is 31.5 Å². The molecule has 2 aliphatic heterocycles. The van der Waals surface area contributed by atoms with Gasteiger partial charge in [0.15, 0.2) is 11.5 Å². The Morgan fingerprint density at radius 3 is 2.66 bits per heavy atom. The number of aromatic nitrogens is 6. The number of para-hydroxylation sites is 2. The summed E-state index contributed by atoms with van der Waals surface area (Å²) in [5.74, 6) is -0.412. The van der Waals surface area contributed by atoms with Gasteiger partial charge in [-0.1, -0.05) is 12.1 Å². The monoisotopic (exact) mass is 471 g/mol. The van der Waals surface area contributed by atoms with E-state index in [0.717, 1.165) is 5.69 Å². The predicted octanol–water partition coefficient (Wildman–Crippen LogP) is 1.05. The van der Waals surface area contributed by atoms with E-state index in [2.05, 4.69) is 25.3 Å². The SMILES string of the molecule is CCn1cc(C(=O)NCCn2c3nc(=O)[nH]c(=O)c-3nc3ccccc32)c(=O)c2ccc(C)nc21. The average molecular weight is 471 g/mol. The topological polar surface area (TPSA) is 145 Å². The molecule has 2 aromatic heterocycles. The van der Waals surface area contributed by atoms with Gasteiger partial charge < -0.3 is 14.5 Å². The molecule has 0 saturated carbocycles. The second-order valence-corrected chi connectivity index (χ2v) is 8.03. The van der Waals surface area contributed by atoms with Gasteiger partial charge in [0.2, 0.25) is 5.43 Å². The van der Waals surface area contributed by atoms with E-state index >= 15 is 0 Å². The fourth-order valence-electron chi connectivity index (χ4n) is 4.11. The number of carbonyl (C=O) groups is 1. The van der Waals surface area contributed by atoms with Crippen molar-refractivity contribution >= 4 is 28.0 Å². The molecule has 0 radical (unpaired) electrons. The van der Waals surface area contributed by atoms with Crippen LogP contribution in [0, 0.1) is 6.92 Å². The van der Waals surface area contributed by atoms with E-state index < -0.39 is 22.6 Å². The normalized spacial score (nSPS) is 11.4. The molecule has 11 nitrogen and oxygen atoms in total. The smallest absolute Gasteiger partial charge is 0.349 e. The lowest BCUT2D eigenvalue weighted by Gasteiger charge is -2.17. The van der Waals surface area contributed by atoms with Crippen molar-refractivity contribution in [2.24, 2.45) is 0 Å². The van der Waals surface area contributed by atoms with Crippen molar-refractivity contribution in [3.8, 4) is 11.5 Å². The van der Waals surface area contributed by atoms with E-state index in [1.54, 1.807) is 45.5 Å². The zero-order chi connectivity index (χ0) is 24.7. The number of aromatic amines is 1. The predicted molar refractivity (Wildman–Crippen MR) is 130 cm³/mol. The maximum atomic E-state index is 13.0. The van der Waals surface area contributed by atoms with Gasteiger partial charge in [-0.3, -0.25) is 19.4 Å². The molecule has 0 spiro atoms. The summed E-state index contributed by atoms with van der Waals surface area (Å²) in [5.41, 5.74) is 0.719. The van der Waals surface area contributed by atoms with E-state index in [1.807, 2.05) is 13.8 Å². The summed E-state index contributed by atoms with van der Waals surface area (Å²) < 4.78 is 3.43. The maximum Gasteiger partial charge on any atom is 0.349 e. The van der Waals surface area contributed by atoms with Crippen molar-refractivity contribution in [1.29, 1.82) is 0 Å². The third-order valence-corrected chi connectivity index (χ3v) is 5.78. The number of hydrogen-bond acceptors (Lipinski definition) is 7. The van der Waals surface area contributed by atoms with Crippen LogP contribution in [0.4, 0.5) is 0 Å². The van der Waals surface area contributed by atoms with Crippen molar-refractivity contribution in [2.75, 3.05) is 6.54 Å². The third-order valence-electron chi connectivity index (χ3n) is 5.78. The van der Waals surface area contributed by atoms with Crippen molar-refractivity contribution < 1.29 is 4.79 Å². The van der Waals surface area contributed by atoms with Crippen LogP contribution < -0.4 is 22.0 Å². The summed E-state index contributed by atoms with van der Waals surface area (Å²) in [6.07, 6.45) is 1.52. The van der Waals surface area contributed by atoms with Gasteiger partial charge in [-0.15, -0.1) is 0 Å². The average Bonchev–Trinajstić information content (AvgIpc) is 2.84. The van der Waals surface area contributed by atoms with Gasteiger partial charge in [-0.05, 0) is 38.1 Å². The second-order valence-electron chi connectivity index (χ2n) is 8.03. The van der Waals surface area contributed by atoms with Crippen molar-refractivity contribution in [2.45, 2.75) is 26.9 Å². The first-order valence-electron chi connectivity index (χ1n) is 11.1. The molecule has 1 aromatic carbocycles. The first-order valence-corrected chi connectivity index (χ1v) is 11.1. The van der Waals surface area contributed by atoms with E-state index in [1.165, 1.54) is 6.20 Å². The Bertz CT molecular complexity index is 1770. The first-order chi connectivity index (χ1) is 16.9. The summed E-state index contributed by atoms with van der Waals surface area (Å²) in [5, 5.41) is 3.14. The number of H-pyrrole nitrogens is 1. The summed E-state index contributed by atoms with van der Waals surface area (Å²) >= 11 is 0. The van der Waals surface area contributed by atoms with Gasteiger partial charge >= 0.3 is 5.69 Å². The molecule has 1 amide bonds. The van der Waals surface area contributed by atoms with Crippen LogP contribution in [0.25, 0.3) is 33.6 Å². The fourth-order valence-corrected chi connectivity index (χ4v) is 4.11. The third kappa shape index (κ3) is 3.86. The van der Waals surface area contributed by atoms with Gasteiger partial charge in [0.25, 0.3) is 11.5 Å². The summed E-state index contributed by atoms with van der Waals surface area (Å²) in [4.78, 5) is 65.0. The largest absolute Gasteiger partial charge is 0.350 e. The lowest BCUT2D eigenvalue weighted by Crippen LogP contribution is -2.34. The Balaban J connectivity index is 1.49. The summed E-state index contributed by atoms with van der Waals surface area (Å²) in [7, 11) is 0. The summed E-state index contributed by atoms with van der Waals surface area (Å²) in [6, 6.07) is 10.5. The van der Waals surface area contributed by atoms with Crippen molar-refractivity contribution in [1.82, 2.24) is 34.4 Å². The Labute approximate surface area is 197 Å². The molecule has 0 fully saturated rings. The molecule has 11 heteroatoms. The minimum atomic E-state index is -0.780. The number of nitrogens with one attached hydrogen (secondary N) is 2. The Hall–Kier alpha value is -4.67. The Morgan fingerprint density at radius 1 is 1.06 bits per heavy atom. The highest BCUT2D eigenvalue weighted by Gasteiger charge is 2.19. The second kappa shape index (κ2) is 8.60. The number of aryl methyl sites for hydroxylation is 2. The molecule has 0 bridgehead atoms. The molecule has 3 aromatic rings. The molecule has 0 atom stereocenters. The molecule has 2 aliphatic rings. The quantitative estimate of drug-likeness (QED) is 0.365. The van der Waals surface area contributed by atoms with Crippen LogP contribution in [0.15, 0.2) is 57.0 Å². The molecular formula is C24H21N7O4. The molecule has 0 saturated heterocycles. The number of benzene rings is 1. The van der Waals surface area contributed by atoms with Crippen molar-refractivity contribution in [3.63, 3.8) is 0 Å². The number of carbonyl (C=O) groups excluding carboxylic acids is 1. The highest BCUT2D eigenvalue weighted by Crippen LogP contribution is 2.20.